The van der Waals surface area contributed by atoms with Gasteiger partial charge < -0.3 is 15.3 Å². The van der Waals surface area contributed by atoms with Crippen molar-refractivity contribution in [1.29, 1.82) is 5.26 Å². The molecule has 0 bridgehead atoms. The Hall–Kier alpha value is -2.65. The Labute approximate surface area is 146 Å². The number of anilines is 2. The molecule has 130 valence electrons. The lowest BCUT2D eigenvalue weighted by molar-refractivity contribution is 0.145. The molecule has 6 heteroatoms. The maximum atomic E-state index is 13.8. The van der Waals surface area contributed by atoms with Gasteiger partial charge in [0.1, 0.15) is 17.7 Å². The molecule has 1 saturated heterocycles. The SMILES string of the molecule is C[C@@H](Nc1ccc(C#N)cn1)c1cc(F)ccc1N1CCC(O)CC1. The van der Waals surface area contributed by atoms with Crippen LogP contribution in [0.15, 0.2) is 36.5 Å². The van der Waals surface area contributed by atoms with Gasteiger partial charge in [0.05, 0.1) is 17.7 Å². The Morgan fingerprint density at radius 2 is 2.08 bits per heavy atom. The maximum Gasteiger partial charge on any atom is 0.126 e. The van der Waals surface area contributed by atoms with E-state index in [1.165, 1.54) is 12.3 Å². The third-order valence-corrected chi connectivity index (χ3v) is 4.52. The number of nitriles is 1. The van der Waals surface area contributed by atoms with Gasteiger partial charge in [-0.3, -0.25) is 0 Å². The molecule has 2 heterocycles. The number of halogens is 1. The zero-order chi connectivity index (χ0) is 17.8. The Kier molecular flexibility index (Phi) is 5.15. The first-order chi connectivity index (χ1) is 12.1. The number of pyridine rings is 1. The molecular formula is C19H21FN4O. The number of nitrogens with zero attached hydrogens (tertiary/aromatic N) is 3. The summed E-state index contributed by atoms with van der Waals surface area (Å²) in [7, 11) is 0. The van der Waals surface area contributed by atoms with Crippen molar-refractivity contribution in [2.45, 2.75) is 31.9 Å². The molecule has 1 atom stereocenters. The van der Waals surface area contributed by atoms with Gasteiger partial charge in [-0.05, 0) is 50.1 Å². The number of aliphatic hydroxyl groups is 1. The molecule has 0 spiro atoms. The van der Waals surface area contributed by atoms with Crippen LogP contribution in [-0.4, -0.2) is 29.3 Å². The van der Waals surface area contributed by atoms with Gasteiger partial charge in [0, 0.05) is 30.5 Å². The van der Waals surface area contributed by atoms with Crippen LogP contribution in [-0.2, 0) is 0 Å². The van der Waals surface area contributed by atoms with Gasteiger partial charge in [-0.15, -0.1) is 0 Å². The minimum absolute atomic E-state index is 0.155. The lowest BCUT2D eigenvalue weighted by Gasteiger charge is -2.34. The van der Waals surface area contributed by atoms with E-state index < -0.39 is 0 Å². The summed E-state index contributed by atoms with van der Waals surface area (Å²) >= 11 is 0. The fraction of sp³-hybridized carbons (Fsp3) is 0.368. The fourth-order valence-corrected chi connectivity index (χ4v) is 3.11. The molecule has 5 nitrogen and oxygen atoms in total. The quantitative estimate of drug-likeness (QED) is 0.894. The van der Waals surface area contributed by atoms with Crippen molar-refractivity contribution in [3.8, 4) is 6.07 Å². The topological polar surface area (TPSA) is 72.2 Å². The summed E-state index contributed by atoms with van der Waals surface area (Å²) in [4.78, 5) is 6.40. The molecule has 0 radical (unpaired) electrons. The standard InChI is InChI=1S/C19H21FN4O/c1-13(23-19-5-2-14(11-21)12-22-19)17-10-15(20)3-4-18(17)24-8-6-16(25)7-9-24/h2-5,10,12-13,16,25H,6-9H2,1H3,(H,22,23)/t13-/m1/s1. The van der Waals surface area contributed by atoms with Crippen molar-refractivity contribution in [2.24, 2.45) is 0 Å². The molecule has 2 N–H and O–H groups in total. The highest BCUT2D eigenvalue weighted by atomic mass is 19.1. The van der Waals surface area contributed by atoms with Crippen LogP contribution in [0.5, 0.6) is 0 Å². The number of nitrogens with one attached hydrogen (secondary N) is 1. The first kappa shape index (κ1) is 17.2. The van der Waals surface area contributed by atoms with E-state index in [0.717, 1.165) is 37.2 Å². The highest BCUT2D eigenvalue weighted by Crippen LogP contribution is 2.31. The fourth-order valence-electron chi connectivity index (χ4n) is 3.11. The average molecular weight is 340 g/mol. The normalized spacial score (nSPS) is 16.3. The zero-order valence-corrected chi connectivity index (χ0v) is 14.1. The van der Waals surface area contributed by atoms with E-state index in [4.69, 9.17) is 5.26 Å². The van der Waals surface area contributed by atoms with Gasteiger partial charge in [0.2, 0.25) is 0 Å². The van der Waals surface area contributed by atoms with Crippen molar-refractivity contribution in [3.63, 3.8) is 0 Å². The van der Waals surface area contributed by atoms with E-state index >= 15 is 0 Å². The summed E-state index contributed by atoms with van der Waals surface area (Å²) in [6.07, 6.45) is 2.69. The van der Waals surface area contributed by atoms with E-state index in [9.17, 15) is 9.50 Å². The Balaban J connectivity index is 1.82. The van der Waals surface area contributed by atoms with E-state index in [0.29, 0.717) is 11.4 Å². The Morgan fingerprint density at radius 3 is 2.72 bits per heavy atom. The molecule has 0 amide bonds. The summed E-state index contributed by atoms with van der Waals surface area (Å²) in [5.41, 5.74) is 2.32. The van der Waals surface area contributed by atoms with Crippen molar-refractivity contribution in [3.05, 3.63) is 53.5 Å². The van der Waals surface area contributed by atoms with Crippen LogP contribution in [0.2, 0.25) is 0 Å². The van der Waals surface area contributed by atoms with Crippen LogP contribution in [0, 0.1) is 17.1 Å². The lowest BCUT2D eigenvalue weighted by Crippen LogP contribution is -2.36. The summed E-state index contributed by atoms with van der Waals surface area (Å²) in [6.45, 7) is 3.46. The number of aliphatic hydroxyl groups excluding tert-OH is 1. The minimum atomic E-state index is -0.280. The van der Waals surface area contributed by atoms with Gasteiger partial charge in [-0.2, -0.15) is 5.26 Å². The molecule has 1 aromatic carbocycles. The maximum absolute atomic E-state index is 13.8. The number of benzene rings is 1. The van der Waals surface area contributed by atoms with E-state index in [1.807, 2.05) is 13.0 Å². The van der Waals surface area contributed by atoms with E-state index in [1.54, 1.807) is 24.3 Å². The van der Waals surface area contributed by atoms with Gasteiger partial charge in [-0.25, -0.2) is 9.37 Å². The second-order valence-corrected chi connectivity index (χ2v) is 6.33. The number of aromatic nitrogens is 1. The summed E-state index contributed by atoms with van der Waals surface area (Å²) < 4.78 is 13.8. The second kappa shape index (κ2) is 7.49. The third-order valence-electron chi connectivity index (χ3n) is 4.52. The summed E-state index contributed by atoms with van der Waals surface area (Å²) in [5, 5.41) is 21.8. The highest BCUT2D eigenvalue weighted by Gasteiger charge is 2.21. The molecule has 2 aromatic rings. The predicted molar refractivity (Wildman–Crippen MR) is 94.8 cm³/mol. The zero-order valence-electron chi connectivity index (χ0n) is 14.1. The van der Waals surface area contributed by atoms with Crippen molar-refractivity contribution in [2.75, 3.05) is 23.3 Å². The third kappa shape index (κ3) is 4.06. The predicted octanol–water partition coefficient (Wildman–Crippen LogP) is 3.23. The first-order valence-corrected chi connectivity index (χ1v) is 8.42. The van der Waals surface area contributed by atoms with Crippen LogP contribution >= 0.6 is 0 Å². The van der Waals surface area contributed by atoms with Crippen molar-refractivity contribution in [1.82, 2.24) is 4.98 Å². The molecule has 0 saturated carbocycles. The molecular weight excluding hydrogens is 319 g/mol. The number of hydrogen-bond acceptors (Lipinski definition) is 5. The molecule has 0 aliphatic carbocycles. The Bertz CT molecular complexity index is 764. The number of piperidine rings is 1. The van der Waals surface area contributed by atoms with Gasteiger partial charge in [0.15, 0.2) is 0 Å². The largest absolute Gasteiger partial charge is 0.393 e. The molecule has 1 aromatic heterocycles. The second-order valence-electron chi connectivity index (χ2n) is 6.33. The van der Waals surface area contributed by atoms with Gasteiger partial charge >= 0.3 is 0 Å². The minimum Gasteiger partial charge on any atom is -0.393 e. The van der Waals surface area contributed by atoms with E-state index in [2.05, 4.69) is 15.2 Å². The first-order valence-electron chi connectivity index (χ1n) is 8.42. The molecule has 1 aliphatic rings. The Morgan fingerprint density at radius 1 is 1.32 bits per heavy atom. The van der Waals surface area contributed by atoms with Crippen LogP contribution in [0.25, 0.3) is 0 Å². The number of rotatable bonds is 4. The van der Waals surface area contributed by atoms with Crippen LogP contribution in [0.3, 0.4) is 0 Å². The summed E-state index contributed by atoms with van der Waals surface area (Å²) in [5.74, 6) is 0.355. The monoisotopic (exact) mass is 340 g/mol. The van der Waals surface area contributed by atoms with Gasteiger partial charge in [-0.1, -0.05) is 0 Å². The molecule has 25 heavy (non-hydrogen) atoms. The van der Waals surface area contributed by atoms with Gasteiger partial charge in [0.25, 0.3) is 0 Å². The van der Waals surface area contributed by atoms with Crippen molar-refractivity contribution < 1.29 is 9.50 Å². The number of hydrogen-bond donors (Lipinski definition) is 2. The van der Waals surface area contributed by atoms with Crippen molar-refractivity contribution >= 4 is 11.5 Å². The lowest BCUT2D eigenvalue weighted by atomic mass is 10.0. The summed E-state index contributed by atoms with van der Waals surface area (Å²) in [6, 6.07) is 10.1. The molecule has 1 fully saturated rings. The molecule has 0 unspecified atom stereocenters. The molecule has 3 rings (SSSR count). The van der Waals surface area contributed by atoms with Crippen LogP contribution < -0.4 is 10.2 Å². The highest BCUT2D eigenvalue weighted by molar-refractivity contribution is 5.57. The van der Waals surface area contributed by atoms with E-state index in [-0.39, 0.29) is 18.0 Å². The average Bonchev–Trinajstić information content (AvgIpc) is 2.63. The van der Waals surface area contributed by atoms with Crippen LogP contribution in [0.4, 0.5) is 15.9 Å². The molecule has 1 aliphatic heterocycles. The van der Waals surface area contributed by atoms with Crippen LogP contribution in [0.1, 0.15) is 36.9 Å². The smallest absolute Gasteiger partial charge is 0.126 e.